The molecule has 0 aliphatic heterocycles. The van der Waals surface area contributed by atoms with Gasteiger partial charge in [0.15, 0.2) is 5.78 Å². The Morgan fingerprint density at radius 2 is 1.69 bits per heavy atom. The first-order valence-corrected chi connectivity index (χ1v) is 9.38. The number of nitrogens with zero attached hydrogens (tertiary/aromatic N) is 2. The smallest absolute Gasteiger partial charge is 0.332 e. The molecule has 0 amide bonds. The lowest BCUT2D eigenvalue weighted by Crippen LogP contribution is -2.43. The number of nitrogens with two attached hydrogens (primary N) is 1. The predicted molar refractivity (Wildman–Crippen MR) is 113 cm³/mol. The molecule has 0 fully saturated rings. The summed E-state index contributed by atoms with van der Waals surface area (Å²) in [5.41, 5.74) is 6.41. The van der Waals surface area contributed by atoms with Gasteiger partial charge in [0.2, 0.25) is 0 Å². The van der Waals surface area contributed by atoms with Gasteiger partial charge in [0, 0.05) is 18.6 Å². The number of aromatic nitrogens is 2. The molecule has 0 saturated heterocycles. The van der Waals surface area contributed by atoms with E-state index in [2.05, 4.69) is 5.32 Å². The number of carbonyl (C=O) groups excluding carboxylic acids is 1. The molecule has 3 rings (SSSR count). The summed E-state index contributed by atoms with van der Waals surface area (Å²) >= 11 is 5.86. The summed E-state index contributed by atoms with van der Waals surface area (Å²) in [5.74, 6) is -0.598. The molecular weight excluding hydrogens is 392 g/mol. The summed E-state index contributed by atoms with van der Waals surface area (Å²) in [4.78, 5) is 37.8. The molecular formula is C21H21ClN4O3. The van der Waals surface area contributed by atoms with E-state index in [-0.39, 0.29) is 24.5 Å². The maximum absolute atomic E-state index is 12.7. The van der Waals surface area contributed by atoms with Crippen LogP contribution in [0.25, 0.3) is 0 Å². The minimum Gasteiger partial charge on any atom is -0.384 e. The fourth-order valence-electron chi connectivity index (χ4n) is 2.98. The molecule has 3 N–H and O–H groups in total. The van der Waals surface area contributed by atoms with Gasteiger partial charge in [-0.3, -0.25) is 18.7 Å². The van der Waals surface area contributed by atoms with Crippen molar-refractivity contribution < 1.29 is 4.79 Å². The van der Waals surface area contributed by atoms with Crippen molar-refractivity contribution in [2.75, 3.05) is 12.3 Å². The Labute approximate surface area is 172 Å². The SMILES string of the molecule is Cn1c(=O)c(C(=O)CNCc2ccc(Cl)cc2)c(N)n(Cc2ccccc2)c1=O. The van der Waals surface area contributed by atoms with E-state index in [1.807, 2.05) is 42.5 Å². The van der Waals surface area contributed by atoms with Gasteiger partial charge >= 0.3 is 5.69 Å². The maximum atomic E-state index is 12.7. The van der Waals surface area contributed by atoms with Gasteiger partial charge in [-0.2, -0.15) is 0 Å². The van der Waals surface area contributed by atoms with Crippen LogP contribution in [0.3, 0.4) is 0 Å². The van der Waals surface area contributed by atoms with Crippen LogP contribution in [0.15, 0.2) is 64.2 Å². The van der Waals surface area contributed by atoms with Crippen molar-refractivity contribution in [3.63, 3.8) is 0 Å². The molecule has 0 aliphatic carbocycles. The summed E-state index contributed by atoms with van der Waals surface area (Å²) in [6.07, 6.45) is 0. The number of benzene rings is 2. The lowest BCUT2D eigenvalue weighted by Gasteiger charge is -2.15. The molecule has 150 valence electrons. The number of hydrogen-bond donors (Lipinski definition) is 2. The minimum atomic E-state index is -0.699. The molecule has 1 aromatic heterocycles. The van der Waals surface area contributed by atoms with Crippen molar-refractivity contribution >= 4 is 23.2 Å². The van der Waals surface area contributed by atoms with Gasteiger partial charge in [-0.05, 0) is 23.3 Å². The van der Waals surface area contributed by atoms with Gasteiger partial charge in [-0.25, -0.2) is 4.79 Å². The van der Waals surface area contributed by atoms with Crippen LogP contribution in [0.4, 0.5) is 5.82 Å². The Bertz CT molecular complexity index is 1140. The largest absolute Gasteiger partial charge is 0.384 e. The molecule has 0 atom stereocenters. The number of halogens is 1. The summed E-state index contributed by atoms with van der Waals surface area (Å²) in [6, 6.07) is 16.4. The summed E-state index contributed by atoms with van der Waals surface area (Å²) < 4.78 is 2.15. The second-order valence-corrected chi connectivity index (χ2v) is 7.07. The van der Waals surface area contributed by atoms with Crippen molar-refractivity contribution in [2.24, 2.45) is 7.05 Å². The number of Topliss-reactive ketones (excluding diaryl/α,β-unsaturated/α-hetero) is 1. The van der Waals surface area contributed by atoms with Crippen LogP contribution in [0.5, 0.6) is 0 Å². The van der Waals surface area contributed by atoms with Gasteiger partial charge in [0.25, 0.3) is 5.56 Å². The second kappa shape index (κ2) is 8.89. The van der Waals surface area contributed by atoms with E-state index < -0.39 is 17.0 Å². The van der Waals surface area contributed by atoms with Gasteiger partial charge in [-0.15, -0.1) is 0 Å². The Morgan fingerprint density at radius 3 is 2.34 bits per heavy atom. The summed E-state index contributed by atoms with van der Waals surface area (Å²) in [5, 5.41) is 3.62. The predicted octanol–water partition coefficient (Wildman–Crippen LogP) is 1.80. The van der Waals surface area contributed by atoms with E-state index in [4.69, 9.17) is 17.3 Å². The fourth-order valence-corrected chi connectivity index (χ4v) is 3.10. The zero-order valence-corrected chi connectivity index (χ0v) is 16.6. The third kappa shape index (κ3) is 4.64. The highest BCUT2D eigenvalue weighted by Gasteiger charge is 2.21. The third-order valence-corrected chi connectivity index (χ3v) is 4.83. The van der Waals surface area contributed by atoms with Crippen LogP contribution in [-0.2, 0) is 20.1 Å². The molecule has 2 aromatic carbocycles. The van der Waals surface area contributed by atoms with E-state index in [9.17, 15) is 14.4 Å². The van der Waals surface area contributed by atoms with Crippen molar-refractivity contribution in [3.8, 4) is 0 Å². The molecule has 3 aromatic rings. The van der Waals surface area contributed by atoms with Crippen LogP contribution in [0.1, 0.15) is 21.5 Å². The van der Waals surface area contributed by atoms with E-state index in [1.54, 1.807) is 12.1 Å². The van der Waals surface area contributed by atoms with Crippen molar-refractivity contribution in [2.45, 2.75) is 13.1 Å². The molecule has 0 saturated carbocycles. The molecule has 8 heteroatoms. The number of ketones is 1. The number of hydrogen-bond acceptors (Lipinski definition) is 5. The fraction of sp³-hybridized carbons (Fsp3) is 0.190. The molecule has 1 heterocycles. The standard InChI is InChI=1S/C21H21ClN4O3/c1-25-20(28)18(17(27)12-24-11-14-7-9-16(22)10-8-14)19(23)26(21(25)29)13-15-5-3-2-4-6-15/h2-10,24H,11-13,23H2,1H3. The lowest BCUT2D eigenvalue weighted by molar-refractivity contribution is 0.0989. The Balaban J connectivity index is 1.84. The van der Waals surface area contributed by atoms with Crippen LogP contribution < -0.4 is 22.3 Å². The zero-order chi connectivity index (χ0) is 21.0. The van der Waals surface area contributed by atoms with Crippen LogP contribution in [-0.4, -0.2) is 21.5 Å². The number of nitrogen functional groups attached to an aromatic ring is 1. The average molecular weight is 413 g/mol. The Kier molecular flexibility index (Phi) is 6.31. The first-order valence-electron chi connectivity index (χ1n) is 9.00. The molecule has 29 heavy (non-hydrogen) atoms. The van der Waals surface area contributed by atoms with Crippen molar-refractivity contribution in [1.82, 2.24) is 14.5 Å². The summed E-state index contributed by atoms with van der Waals surface area (Å²) in [6.45, 7) is 0.497. The molecule has 0 spiro atoms. The molecule has 0 bridgehead atoms. The second-order valence-electron chi connectivity index (χ2n) is 6.63. The monoisotopic (exact) mass is 412 g/mol. The number of rotatable bonds is 7. The van der Waals surface area contributed by atoms with E-state index in [0.29, 0.717) is 11.6 Å². The molecule has 7 nitrogen and oxygen atoms in total. The first kappa shape index (κ1) is 20.6. The number of anilines is 1. The summed E-state index contributed by atoms with van der Waals surface area (Å²) in [7, 11) is 1.34. The van der Waals surface area contributed by atoms with Crippen molar-refractivity contribution in [3.05, 3.63) is 97.1 Å². The number of carbonyl (C=O) groups is 1. The molecule has 0 radical (unpaired) electrons. The van der Waals surface area contributed by atoms with Crippen molar-refractivity contribution in [1.29, 1.82) is 0 Å². The van der Waals surface area contributed by atoms with Crippen LogP contribution in [0.2, 0.25) is 5.02 Å². The quantitative estimate of drug-likeness (QED) is 0.576. The molecule has 0 aliphatic rings. The van der Waals surface area contributed by atoms with Crippen LogP contribution in [0, 0.1) is 0 Å². The minimum absolute atomic E-state index is 0.0917. The average Bonchev–Trinajstić information content (AvgIpc) is 2.72. The molecule has 0 unspecified atom stereocenters. The highest BCUT2D eigenvalue weighted by molar-refractivity contribution is 6.30. The topological polar surface area (TPSA) is 99.1 Å². The van der Waals surface area contributed by atoms with Gasteiger partial charge < -0.3 is 11.1 Å². The Hall–Kier alpha value is -3.16. The maximum Gasteiger partial charge on any atom is 0.332 e. The van der Waals surface area contributed by atoms with Crippen LogP contribution >= 0.6 is 11.6 Å². The van der Waals surface area contributed by atoms with Gasteiger partial charge in [0.05, 0.1) is 13.1 Å². The lowest BCUT2D eigenvalue weighted by atomic mass is 10.1. The third-order valence-electron chi connectivity index (χ3n) is 4.57. The van der Waals surface area contributed by atoms with Gasteiger partial charge in [0.1, 0.15) is 11.4 Å². The van der Waals surface area contributed by atoms with E-state index in [0.717, 1.165) is 15.7 Å². The van der Waals surface area contributed by atoms with Gasteiger partial charge in [-0.1, -0.05) is 54.1 Å². The normalized spacial score (nSPS) is 10.8. The highest BCUT2D eigenvalue weighted by atomic mass is 35.5. The Morgan fingerprint density at radius 1 is 1.03 bits per heavy atom. The van der Waals surface area contributed by atoms with E-state index in [1.165, 1.54) is 11.6 Å². The first-order chi connectivity index (χ1) is 13.9. The zero-order valence-electron chi connectivity index (χ0n) is 15.9. The highest BCUT2D eigenvalue weighted by Crippen LogP contribution is 2.11. The number of nitrogens with one attached hydrogen (secondary N) is 1. The van der Waals surface area contributed by atoms with E-state index >= 15 is 0 Å².